The minimum atomic E-state index is -5.96. The number of unbranched alkanes of at least 4 members (excludes halogenated alkanes) is 1. The van der Waals surface area contributed by atoms with Crippen LogP contribution in [0.2, 0.25) is 0 Å². The van der Waals surface area contributed by atoms with E-state index in [1.807, 2.05) is 4.98 Å². The van der Waals surface area contributed by atoms with Crippen molar-refractivity contribution >= 4 is 63.0 Å². The number of aliphatic carboxylic acids is 2. The molecule has 0 radical (unpaired) electrons. The van der Waals surface area contributed by atoms with Gasteiger partial charge in [-0.2, -0.15) is 4.31 Å². The predicted octanol–water partition coefficient (Wildman–Crippen LogP) is -6.68. The molecule has 2 aliphatic heterocycles. The summed E-state index contributed by atoms with van der Waals surface area (Å²) in [4.78, 5) is 148. The number of nitrogens with one attached hydrogen (secondary N) is 7. The Morgan fingerprint density at radius 1 is 0.766 bits per heavy atom. The molecule has 2 aliphatic rings. The van der Waals surface area contributed by atoms with Gasteiger partial charge in [-0.15, -0.1) is 0 Å². The van der Waals surface area contributed by atoms with E-state index in [0.717, 1.165) is 33.0 Å². The van der Waals surface area contributed by atoms with Gasteiger partial charge in [-0.25, -0.2) is 13.9 Å². The van der Waals surface area contributed by atoms with Gasteiger partial charge in [0.15, 0.2) is 12.5 Å². The summed E-state index contributed by atoms with van der Waals surface area (Å²) in [7, 11) is -11.7. The molecule has 37 heteroatoms. The number of hydrogen-bond donors (Lipinski definition) is 16. The molecule has 17 N–H and O–H groups in total. The second-order valence-corrected chi connectivity index (χ2v) is 20.5. The number of nitrogens with zero attached hydrogens (tertiary/aromatic N) is 1. The van der Waals surface area contributed by atoms with Gasteiger partial charge in [-0.1, -0.05) is 0 Å². The Balaban J connectivity index is 1.73. The lowest BCUT2D eigenvalue weighted by atomic mass is 9.96. The molecule has 0 aromatic carbocycles. The molecule has 17 atom stereocenters. The van der Waals surface area contributed by atoms with Gasteiger partial charge in [0.1, 0.15) is 79.0 Å². The van der Waals surface area contributed by atoms with Gasteiger partial charge in [0.2, 0.25) is 35.4 Å². The third-order valence-electron chi connectivity index (χ3n) is 11.4. The molecule has 436 valence electrons. The summed E-state index contributed by atoms with van der Waals surface area (Å²) in [5, 5.41) is 74.2. The first-order valence-corrected chi connectivity index (χ1v) is 26.4. The Labute approximate surface area is 436 Å². The molecule has 1 aromatic heterocycles. The highest BCUT2D eigenvalue weighted by Crippen LogP contribution is 2.61. The van der Waals surface area contributed by atoms with Crippen molar-refractivity contribution in [2.75, 3.05) is 19.8 Å². The number of rotatable bonds is 30. The van der Waals surface area contributed by atoms with Crippen LogP contribution in [0.5, 0.6) is 0 Å². The molecule has 35 nitrogen and oxygen atoms in total. The van der Waals surface area contributed by atoms with Crippen molar-refractivity contribution in [2.24, 2.45) is 5.73 Å². The fourth-order valence-corrected chi connectivity index (χ4v) is 9.41. The number of carbonyl (C=O) groups excluding carboxylic acids is 6. The first-order valence-electron chi connectivity index (χ1n) is 23.4. The van der Waals surface area contributed by atoms with Crippen LogP contribution in [0.1, 0.15) is 73.0 Å². The molecule has 6 amide bonds. The average Bonchev–Trinajstić information content (AvgIpc) is 3.61. The summed E-state index contributed by atoms with van der Waals surface area (Å²) >= 11 is 0. The summed E-state index contributed by atoms with van der Waals surface area (Å²) in [5.41, 5.74) is 3.69. The SMILES string of the molecule is CC(=O)NC1C(OP(=O)(O)OP(=O)(O)OCC2OC(n3ccc(=O)[nH]c3=O)C(O)C2O)OC(CO)C(O)C1OC(C)C(=O)NC(C)C(=O)NC(CCC(=O)O)C(=O)NC(CCCCN)C(=O)NC(C)C(=O)NC(C)C(=O)O. The number of phosphoric acid groups is 2. The van der Waals surface area contributed by atoms with E-state index in [2.05, 4.69) is 40.7 Å². The van der Waals surface area contributed by atoms with Crippen molar-refractivity contribution in [3.05, 3.63) is 33.1 Å². The molecule has 0 spiro atoms. The third kappa shape index (κ3) is 20.0. The van der Waals surface area contributed by atoms with Crippen LogP contribution in [0.25, 0.3) is 0 Å². The Bertz CT molecular complexity index is 2480. The lowest BCUT2D eigenvalue weighted by molar-refractivity contribution is -0.261. The summed E-state index contributed by atoms with van der Waals surface area (Å²) in [6.07, 6.45) is -16.8. The largest absolute Gasteiger partial charge is 0.483 e. The number of carboxylic acid groups (broad SMARTS) is 2. The van der Waals surface area contributed by atoms with Gasteiger partial charge in [0, 0.05) is 25.6 Å². The highest BCUT2D eigenvalue weighted by atomic mass is 31.3. The van der Waals surface area contributed by atoms with Crippen molar-refractivity contribution in [3.8, 4) is 0 Å². The fraction of sp³-hybridized carbons (Fsp3) is 0.700. The maximum absolute atomic E-state index is 13.6. The number of nitrogens with two attached hydrogens (primary N) is 1. The van der Waals surface area contributed by atoms with Crippen LogP contribution in [-0.2, 0) is 75.1 Å². The molecule has 2 saturated heterocycles. The first kappa shape index (κ1) is 65.7. The van der Waals surface area contributed by atoms with Gasteiger partial charge >= 0.3 is 33.3 Å². The number of aliphatic hydroxyl groups is 4. The predicted molar refractivity (Wildman–Crippen MR) is 253 cm³/mol. The van der Waals surface area contributed by atoms with Crippen LogP contribution in [0.4, 0.5) is 0 Å². The van der Waals surface area contributed by atoms with Crippen molar-refractivity contribution in [1.82, 2.24) is 41.5 Å². The zero-order valence-corrected chi connectivity index (χ0v) is 43.6. The molecule has 0 saturated carbocycles. The van der Waals surface area contributed by atoms with E-state index in [-0.39, 0.29) is 19.4 Å². The molecule has 2 fully saturated rings. The van der Waals surface area contributed by atoms with E-state index in [4.69, 9.17) is 29.6 Å². The van der Waals surface area contributed by atoms with E-state index < -0.39 is 192 Å². The summed E-state index contributed by atoms with van der Waals surface area (Å²) < 4.78 is 57.2. The van der Waals surface area contributed by atoms with Crippen molar-refractivity contribution in [2.45, 2.75) is 158 Å². The monoisotopic (exact) mass is 1150 g/mol. The number of aromatic nitrogens is 2. The van der Waals surface area contributed by atoms with Crippen molar-refractivity contribution < 1.29 is 115 Å². The molecule has 0 bridgehead atoms. The van der Waals surface area contributed by atoms with E-state index in [9.17, 15) is 92.4 Å². The van der Waals surface area contributed by atoms with Gasteiger partial charge in [0.05, 0.1) is 13.2 Å². The van der Waals surface area contributed by atoms with Gasteiger partial charge in [-0.3, -0.25) is 61.7 Å². The normalized spacial score (nSPS) is 26.2. The van der Waals surface area contributed by atoms with Crippen LogP contribution in [0.15, 0.2) is 21.9 Å². The Hall–Kier alpha value is -5.62. The second kappa shape index (κ2) is 29.4. The van der Waals surface area contributed by atoms with Gasteiger partial charge in [0.25, 0.3) is 5.56 Å². The molecular formula is C40H65N9O26P2. The number of ether oxygens (including phenoxy) is 3. The van der Waals surface area contributed by atoms with E-state index >= 15 is 0 Å². The Kier molecular flexibility index (Phi) is 25.1. The Morgan fingerprint density at radius 2 is 1.34 bits per heavy atom. The number of aliphatic hydroxyl groups excluding tert-OH is 4. The topological polar surface area (TPSA) is 541 Å². The quantitative estimate of drug-likeness (QED) is 0.0251. The molecular weight excluding hydrogens is 1080 g/mol. The number of H-pyrrole nitrogens is 1. The molecule has 3 rings (SSSR count). The second-order valence-electron chi connectivity index (χ2n) is 17.5. The van der Waals surface area contributed by atoms with Crippen LogP contribution in [0, 0.1) is 0 Å². The lowest BCUT2D eigenvalue weighted by Crippen LogP contribution is -2.66. The molecule has 3 heterocycles. The van der Waals surface area contributed by atoms with Crippen molar-refractivity contribution in [1.29, 1.82) is 0 Å². The number of carboxylic acids is 2. The highest BCUT2D eigenvalue weighted by molar-refractivity contribution is 7.61. The third-order valence-corrected chi connectivity index (χ3v) is 14.0. The summed E-state index contributed by atoms with van der Waals surface area (Å²) in [5.74, 6) is -8.82. The van der Waals surface area contributed by atoms with Gasteiger partial charge < -0.3 is 92.3 Å². The lowest BCUT2D eigenvalue weighted by Gasteiger charge is -2.44. The number of aromatic amines is 1. The highest BCUT2D eigenvalue weighted by Gasteiger charge is 2.52. The molecule has 0 aliphatic carbocycles. The minimum Gasteiger partial charge on any atom is -0.481 e. The zero-order chi connectivity index (χ0) is 58.3. The zero-order valence-electron chi connectivity index (χ0n) is 41.8. The van der Waals surface area contributed by atoms with Crippen LogP contribution in [-0.4, -0.2) is 202 Å². The van der Waals surface area contributed by atoms with Crippen LogP contribution < -0.4 is 48.9 Å². The summed E-state index contributed by atoms with van der Waals surface area (Å²) in [6, 6.07) is -8.33. The van der Waals surface area contributed by atoms with E-state index in [1.165, 1.54) is 13.8 Å². The molecule has 1 aromatic rings. The number of phosphoric ester groups is 2. The van der Waals surface area contributed by atoms with Gasteiger partial charge in [-0.05, 0) is 59.9 Å². The summed E-state index contributed by atoms with van der Waals surface area (Å²) in [6.45, 7) is 3.42. The number of amides is 6. The van der Waals surface area contributed by atoms with Crippen LogP contribution >= 0.6 is 15.6 Å². The average molecular weight is 1150 g/mol. The number of hydrogen-bond acceptors (Lipinski definition) is 23. The van der Waals surface area contributed by atoms with Crippen molar-refractivity contribution in [3.63, 3.8) is 0 Å². The van der Waals surface area contributed by atoms with Crippen LogP contribution in [0.3, 0.4) is 0 Å². The molecule has 77 heavy (non-hydrogen) atoms. The maximum Gasteiger partial charge on any atom is 0.483 e. The van der Waals surface area contributed by atoms with E-state index in [1.54, 1.807) is 0 Å². The first-order chi connectivity index (χ1) is 35.8. The smallest absolute Gasteiger partial charge is 0.481 e. The van der Waals surface area contributed by atoms with E-state index in [0.29, 0.717) is 11.0 Å². The maximum atomic E-state index is 13.6. The fourth-order valence-electron chi connectivity index (χ4n) is 7.24. The Morgan fingerprint density at radius 3 is 1.91 bits per heavy atom. The minimum absolute atomic E-state index is 0.0616. The number of carbonyl (C=O) groups is 8. The standard InChI is InChI=1S/C40H65N9O26P2/c1-16(32(58)44-18(3)38(63)64)43-35(61)21(8-6-7-12-41)47-36(62)22(9-10-26(53)54)46-33(59)17(2)42-34(60)19(4)71-31-27(45-20(5)51)39(73-23(14-50)29(31)56)74-77(68,69)75-76(66,67)70-15-24-28(55)30(57)37(72-24)49-13-11-25(52)48-40(49)65/h11,13,16-19,21-24,27-31,37,39,50,55-57H,6-10,12,14-15,41H2,1-5H3,(H,42,60)(H,43,61)(H,44,58)(H,45,51)(H,46,59)(H,47,62)(H,53,54)(H,63,64)(H,66,67)(H,68,69)(H,48,52,65). The molecule has 17 unspecified atom stereocenters.